The number of aromatic hydroxyl groups is 2. The van der Waals surface area contributed by atoms with Crippen molar-refractivity contribution in [1.82, 2.24) is 5.43 Å². The molecule has 2 aromatic rings. The number of amides is 1. The number of phenols is 2. The molecule has 0 saturated carbocycles. The molecule has 0 saturated heterocycles. The van der Waals surface area contributed by atoms with E-state index in [9.17, 15) is 25.1 Å². The van der Waals surface area contributed by atoms with Gasteiger partial charge in [0.1, 0.15) is 17.1 Å². The lowest BCUT2D eigenvalue weighted by molar-refractivity contribution is -0.385. The number of phenolic OH excluding ortho intramolecular Hbond substituents is 2. The van der Waals surface area contributed by atoms with Crippen LogP contribution in [0.15, 0.2) is 47.6 Å². The van der Waals surface area contributed by atoms with Crippen molar-refractivity contribution in [3.8, 4) is 11.5 Å². The molecule has 0 radical (unpaired) electrons. The fourth-order valence-corrected chi connectivity index (χ4v) is 1.91. The van der Waals surface area contributed by atoms with Gasteiger partial charge in [-0.1, -0.05) is 12.1 Å². The van der Waals surface area contributed by atoms with Crippen molar-refractivity contribution in [3.63, 3.8) is 0 Å². The van der Waals surface area contributed by atoms with Crippen LogP contribution >= 0.6 is 0 Å². The van der Waals surface area contributed by atoms with Crippen LogP contribution in [0.5, 0.6) is 11.5 Å². The fraction of sp³-hybridized carbons (Fsp3) is 0.0667. The Balaban J connectivity index is 2.22. The highest BCUT2D eigenvalue weighted by molar-refractivity contribution is 6.03. The molecule has 0 aliphatic heterocycles. The van der Waals surface area contributed by atoms with Crippen molar-refractivity contribution in [2.45, 2.75) is 6.92 Å². The Bertz CT molecular complexity index is 801. The van der Waals surface area contributed by atoms with Crippen LogP contribution in [0.2, 0.25) is 0 Å². The van der Waals surface area contributed by atoms with Crippen molar-refractivity contribution in [2.24, 2.45) is 5.10 Å². The van der Waals surface area contributed by atoms with Gasteiger partial charge >= 0.3 is 0 Å². The number of benzene rings is 2. The van der Waals surface area contributed by atoms with E-state index in [1.807, 2.05) is 0 Å². The predicted octanol–water partition coefficient (Wildman–Crippen LogP) is 2.16. The highest BCUT2D eigenvalue weighted by Crippen LogP contribution is 2.23. The summed E-state index contributed by atoms with van der Waals surface area (Å²) in [6.07, 6.45) is 0. The van der Waals surface area contributed by atoms with E-state index in [-0.39, 0.29) is 28.5 Å². The number of hydrogen-bond donors (Lipinski definition) is 3. The molecule has 0 atom stereocenters. The Morgan fingerprint density at radius 2 is 1.87 bits per heavy atom. The van der Waals surface area contributed by atoms with Crippen LogP contribution < -0.4 is 5.43 Å². The molecule has 0 bridgehead atoms. The topological polar surface area (TPSA) is 125 Å². The minimum absolute atomic E-state index is 0.108. The fourth-order valence-electron chi connectivity index (χ4n) is 1.91. The second-order valence-electron chi connectivity index (χ2n) is 4.61. The molecule has 8 nitrogen and oxygen atoms in total. The molecular weight excluding hydrogens is 302 g/mol. The van der Waals surface area contributed by atoms with Gasteiger partial charge in [0.25, 0.3) is 11.6 Å². The average molecular weight is 315 g/mol. The molecular formula is C15H13N3O5. The molecule has 118 valence electrons. The summed E-state index contributed by atoms with van der Waals surface area (Å²) in [6, 6.07) is 9.42. The molecule has 8 heteroatoms. The molecule has 0 spiro atoms. The van der Waals surface area contributed by atoms with Crippen LogP contribution in [0.4, 0.5) is 5.69 Å². The molecule has 23 heavy (non-hydrogen) atoms. The largest absolute Gasteiger partial charge is 0.508 e. The van der Waals surface area contributed by atoms with Crippen LogP contribution in [0.3, 0.4) is 0 Å². The van der Waals surface area contributed by atoms with Crippen LogP contribution in [0, 0.1) is 10.1 Å². The summed E-state index contributed by atoms with van der Waals surface area (Å²) in [7, 11) is 0. The van der Waals surface area contributed by atoms with Gasteiger partial charge in [-0.3, -0.25) is 14.9 Å². The summed E-state index contributed by atoms with van der Waals surface area (Å²) in [5.74, 6) is -1.05. The Morgan fingerprint density at radius 1 is 1.17 bits per heavy atom. The van der Waals surface area contributed by atoms with Crippen molar-refractivity contribution >= 4 is 17.3 Å². The van der Waals surface area contributed by atoms with Gasteiger partial charge in [-0.2, -0.15) is 5.10 Å². The lowest BCUT2D eigenvalue weighted by atomic mass is 10.1. The summed E-state index contributed by atoms with van der Waals surface area (Å²) in [5, 5.41) is 33.7. The third-order valence-electron chi connectivity index (χ3n) is 3.04. The molecule has 0 unspecified atom stereocenters. The first kappa shape index (κ1) is 16.0. The van der Waals surface area contributed by atoms with Gasteiger partial charge < -0.3 is 10.2 Å². The smallest absolute Gasteiger partial charge is 0.282 e. The maximum atomic E-state index is 12.0. The van der Waals surface area contributed by atoms with Crippen LogP contribution in [-0.2, 0) is 0 Å². The Hall–Kier alpha value is -3.42. The van der Waals surface area contributed by atoms with Crippen molar-refractivity contribution in [1.29, 1.82) is 0 Å². The summed E-state index contributed by atoms with van der Waals surface area (Å²) < 4.78 is 0. The summed E-state index contributed by atoms with van der Waals surface area (Å²) in [4.78, 5) is 22.3. The normalized spacial score (nSPS) is 11.1. The molecule has 2 aromatic carbocycles. The highest BCUT2D eigenvalue weighted by atomic mass is 16.6. The zero-order valence-corrected chi connectivity index (χ0v) is 12.1. The minimum Gasteiger partial charge on any atom is -0.508 e. The average Bonchev–Trinajstić information content (AvgIpc) is 2.52. The van der Waals surface area contributed by atoms with Gasteiger partial charge in [-0.15, -0.1) is 0 Å². The molecule has 0 aromatic heterocycles. The van der Waals surface area contributed by atoms with E-state index in [4.69, 9.17) is 0 Å². The number of hydrogen-bond acceptors (Lipinski definition) is 6. The third kappa shape index (κ3) is 3.62. The maximum absolute atomic E-state index is 12.0. The van der Waals surface area contributed by atoms with Crippen molar-refractivity contribution in [3.05, 3.63) is 63.7 Å². The Labute approximate surface area is 130 Å². The van der Waals surface area contributed by atoms with Gasteiger partial charge in [-0.25, -0.2) is 5.43 Å². The monoisotopic (exact) mass is 315 g/mol. The van der Waals surface area contributed by atoms with E-state index in [0.717, 1.165) is 6.07 Å². The van der Waals surface area contributed by atoms with Crippen molar-refractivity contribution in [2.75, 3.05) is 0 Å². The molecule has 1 amide bonds. The molecule has 2 rings (SSSR count). The number of nitrogens with zero attached hydrogens (tertiary/aromatic N) is 2. The SMILES string of the molecule is CC(=NNC(=O)c1ccccc1[N+](=O)[O-])c1ccc(O)cc1O. The number of carbonyl (C=O) groups excluding carboxylic acids is 1. The quantitative estimate of drug-likeness (QED) is 0.453. The first-order valence-electron chi connectivity index (χ1n) is 6.50. The van der Waals surface area contributed by atoms with E-state index in [1.54, 1.807) is 0 Å². The first-order chi connectivity index (χ1) is 10.9. The minimum atomic E-state index is -0.741. The number of carbonyl (C=O) groups is 1. The molecule has 3 N–H and O–H groups in total. The first-order valence-corrected chi connectivity index (χ1v) is 6.50. The maximum Gasteiger partial charge on any atom is 0.282 e. The highest BCUT2D eigenvalue weighted by Gasteiger charge is 2.18. The van der Waals surface area contributed by atoms with Crippen LogP contribution in [0.1, 0.15) is 22.8 Å². The van der Waals surface area contributed by atoms with E-state index in [1.165, 1.54) is 43.3 Å². The number of nitrogens with one attached hydrogen (secondary N) is 1. The number of nitro benzene ring substituents is 1. The Kier molecular flexibility index (Phi) is 4.55. The standard InChI is InChI=1S/C15H13N3O5/c1-9(11-7-6-10(19)8-14(11)20)16-17-15(21)12-4-2-3-5-13(12)18(22)23/h2-8,19-20H,1H3,(H,17,21). The third-order valence-corrected chi connectivity index (χ3v) is 3.04. The number of para-hydroxylation sites is 1. The van der Waals surface area contributed by atoms with Gasteiger partial charge in [0.2, 0.25) is 0 Å². The van der Waals surface area contributed by atoms with E-state index >= 15 is 0 Å². The van der Waals surface area contributed by atoms with E-state index < -0.39 is 10.8 Å². The summed E-state index contributed by atoms with van der Waals surface area (Å²) >= 11 is 0. The lowest BCUT2D eigenvalue weighted by Gasteiger charge is -2.06. The van der Waals surface area contributed by atoms with Gasteiger partial charge in [-0.05, 0) is 25.1 Å². The van der Waals surface area contributed by atoms with Crippen LogP contribution in [0.25, 0.3) is 0 Å². The van der Waals surface area contributed by atoms with E-state index in [0.29, 0.717) is 5.56 Å². The van der Waals surface area contributed by atoms with Gasteiger partial charge in [0, 0.05) is 17.7 Å². The zero-order valence-electron chi connectivity index (χ0n) is 12.1. The summed E-state index contributed by atoms with van der Waals surface area (Å²) in [5.41, 5.74) is 2.34. The molecule has 0 aliphatic rings. The van der Waals surface area contributed by atoms with Gasteiger partial charge in [0.05, 0.1) is 10.6 Å². The second kappa shape index (κ2) is 6.56. The van der Waals surface area contributed by atoms with Crippen molar-refractivity contribution < 1.29 is 19.9 Å². The molecule has 0 heterocycles. The second-order valence-corrected chi connectivity index (χ2v) is 4.61. The number of hydrazone groups is 1. The van der Waals surface area contributed by atoms with Gasteiger partial charge in [0.15, 0.2) is 0 Å². The number of nitro groups is 1. The Morgan fingerprint density at radius 3 is 2.52 bits per heavy atom. The molecule has 0 fully saturated rings. The van der Waals surface area contributed by atoms with E-state index in [2.05, 4.69) is 10.5 Å². The summed E-state index contributed by atoms with van der Waals surface area (Å²) in [6.45, 7) is 1.53. The van der Waals surface area contributed by atoms with Crippen LogP contribution in [-0.4, -0.2) is 26.8 Å². The number of rotatable bonds is 4. The predicted molar refractivity (Wildman–Crippen MR) is 82.5 cm³/mol. The lowest BCUT2D eigenvalue weighted by Crippen LogP contribution is -2.20. The molecule has 0 aliphatic carbocycles. The zero-order chi connectivity index (χ0) is 17.0.